The summed E-state index contributed by atoms with van der Waals surface area (Å²) in [7, 11) is 1.66. The normalized spacial score (nSPS) is 17.0. The Kier molecular flexibility index (Phi) is 10.5. The van der Waals surface area contributed by atoms with E-state index >= 15 is 0 Å². The van der Waals surface area contributed by atoms with E-state index in [1.54, 1.807) is 17.7 Å². The summed E-state index contributed by atoms with van der Waals surface area (Å²) in [6.07, 6.45) is 20.7. The predicted octanol–water partition coefficient (Wildman–Crippen LogP) is 5.44. The van der Waals surface area contributed by atoms with Gasteiger partial charge in [-0.1, -0.05) is 56.1 Å². The summed E-state index contributed by atoms with van der Waals surface area (Å²) >= 11 is 0. The third-order valence-corrected chi connectivity index (χ3v) is 7.17. The van der Waals surface area contributed by atoms with Gasteiger partial charge in [-0.25, -0.2) is 0 Å². The van der Waals surface area contributed by atoms with Crippen LogP contribution >= 0.6 is 0 Å². The van der Waals surface area contributed by atoms with Crippen LogP contribution in [0.2, 0.25) is 0 Å². The zero-order valence-corrected chi connectivity index (χ0v) is 22.5. The number of aromatic nitrogens is 2. The van der Waals surface area contributed by atoms with Gasteiger partial charge in [0.25, 0.3) is 5.91 Å². The molecule has 2 heterocycles. The molecule has 0 fully saturated rings. The van der Waals surface area contributed by atoms with Gasteiger partial charge in [0.2, 0.25) is 5.75 Å². The Balaban J connectivity index is 2.79. The van der Waals surface area contributed by atoms with Gasteiger partial charge in [-0.3, -0.25) is 9.59 Å². The van der Waals surface area contributed by atoms with Gasteiger partial charge in [-0.2, -0.15) is 4.98 Å². The summed E-state index contributed by atoms with van der Waals surface area (Å²) in [6.45, 7) is 13.5. The van der Waals surface area contributed by atoms with E-state index < -0.39 is 16.7 Å². The second-order valence-electron chi connectivity index (χ2n) is 9.60. The van der Waals surface area contributed by atoms with Gasteiger partial charge in [-0.05, 0) is 57.1 Å². The number of terminal acetylenes is 1. The van der Waals surface area contributed by atoms with Gasteiger partial charge in [0, 0.05) is 32.0 Å². The van der Waals surface area contributed by atoms with E-state index in [9.17, 15) is 14.7 Å². The molecule has 194 valence electrons. The van der Waals surface area contributed by atoms with Crippen LogP contribution in [0.5, 0.6) is 5.75 Å². The van der Waals surface area contributed by atoms with Crippen LogP contribution in [0.25, 0.3) is 0 Å². The van der Waals surface area contributed by atoms with Gasteiger partial charge >= 0.3 is 5.56 Å². The van der Waals surface area contributed by atoms with Crippen molar-refractivity contribution in [2.24, 2.45) is 11.3 Å². The molecule has 0 bridgehead atoms. The van der Waals surface area contributed by atoms with Crippen molar-refractivity contribution in [1.29, 1.82) is 0 Å². The van der Waals surface area contributed by atoms with Gasteiger partial charge in [-0.15, -0.1) is 13.0 Å². The van der Waals surface area contributed by atoms with Crippen molar-refractivity contribution in [2.75, 3.05) is 13.6 Å². The molecule has 0 spiro atoms. The summed E-state index contributed by atoms with van der Waals surface area (Å²) in [6, 6.07) is 0. The largest absolute Gasteiger partial charge is 0.501 e. The molecule has 0 saturated heterocycles. The molecule has 0 saturated carbocycles. The van der Waals surface area contributed by atoms with Gasteiger partial charge in [0.1, 0.15) is 5.82 Å². The van der Waals surface area contributed by atoms with E-state index in [0.29, 0.717) is 25.3 Å². The first-order valence-corrected chi connectivity index (χ1v) is 12.9. The topological polar surface area (TPSA) is 75.4 Å². The molecule has 1 aliphatic rings. The standard InChI is InChI=1S/C30H41N3O3/c1-8-13-22(6)16-17-23(12-5)30(18-11-4,24(14-9-2)15-10-3)21-25-31-28(35)27(34)26-29(36)32(7)19-20-33(25)26/h2,10,12-15,23,34H,5,8,11,16-21H2,1,3-4,6-7H3/b15-10-,22-13-,24-14+. The van der Waals surface area contributed by atoms with Crippen LogP contribution in [0.3, 0.4) is 0 Å². The summed E-state index contributed by atoms with van der Waals surface area (Å²) in [5.41, 5.74) is 1.04. The van der Waals surface area contributed by atoms with Crippen molar-refractivity contribution in [3.05, 3.63) is 70.0 Å². The van der Waals surface area contributed by atoms with Crippen molar-refractivity contribution >= 4 is 5.91 Å². The summed E-state index contributed by atoms with van der Waals surface area (Å²) in [5, 5.41) is 10.5. The minimum absolute atomic E-state index is 0.00883. The summed E-state index contributed by atoms with van der Waals surface area (Å²) in [5.74, 6) is 2.27. The van der Waals surface area contributed by atoms with Gasteiger partial charge in [0.15, 0.2) is 5.69 Å². The lowest BCUT2D eigenvalue weighted by Crippen LogP contribution is -2.43. The van der Waals surface area contributed by atoms with Crippen LogP contribution in [0.4, 0.5) is 0 Å². The highest BCUT2D eigenvalue weighted by atomic mass is 16.3. The van der Waals surface area contributed by atoms with Crippen molar-refractivity contribution < 1.29 is 9.90 Å². The van der Waals surface area contributed by atoms with Gasteiger partial charge < -0.3 is 14.6 Å². The second kappa shape index (κ2) is 13.1. The number of fused-ring (bicyclic) bond motifs is 1. The highest BCUT2D eigenvalue weighted by Gasteiger charge is 2.41. The van der Waals surface area contributed by atoms with Crippen LogP contribution in [-0.2, 0) is 13.0 Å². The van der Waals surface area contributed by atoms with E-state index in [4.69, 9.17) is 6.42 Å². The number of rotatable bonds is 12. The summed E-state index contributed by atoms with van der Waals surface area (Å²) in [4.78, 5) is 31.4. The van der Waals surface area contributed by atoms with Crippen molar-refractivity contribution in [2.45, 2.75) is 72.8 Å². The van der Waals surface area contributed by atoms with E-state index in [-0.39, 0.29) is 17.5 Å². The Hall–Kier alpha value is -3.33. The molecule has 1 N–H and O–H groups in total. The number of likely N-dealkylation sites (N-methyl/N-ethyl adjacent to an activating group) is 1. The Morgan fingerprint density at radius 2 is 2.06 bits per heavy atom. The van der Waals surface area contributed by atoms with E-state index in [1.165, 1.54) is 10.5 Å². The first-order valence-electron chi connectivity index (χ1n) is 12.9. The minimum atomic E-state index is -0.782. The SMILES string of the molecule is C#C/C=C(\C=C/C)C(CCC)(Cc1nc(=O)c(O)c2n1CCN(C)C2=O)C(C=C)CC/C(C)=C\CC. The maximum Gasteiger partial charge on any atom is 0.315 e. The highest BCUT2D eigenvalue weighted by Crippen LogP contribution is 2.47. The fourth-order valence-electron chi connectivity index (χ4n) is 5.39. The molecular weight excluding hydrogens is 450 g/mol. The predicted molar refractivity (Wildman–Crippen MR) is 147 cm³/mol. The van der Waals surface area contributed by atoms with Crippen LogP contribution in [0.15, 0.2) is 52.9 Å². The fourth-order valence-corrected chi connectivity index (χ4v) is 5.39. The molecule has 1 aromatic rings. The highest BCUT2D eigenvalue weighted by molar-refractivity contribution is 5.95. The number of hydrogen-bond donors (Lipinski definition) is 1. The molecule has 0 aliphatic carbocycles. The molecule has 1 aliphatic heterocycles. The van der Waals surface area contributed by atoms with E-state index in [0.717, 1.165) is 37.7 Å². The first kappa shape index (κ1) is 28.9. The smallest absolute Gasteiger partial charge is 0.315 e. The average Bonchev–Trinajstić information content (AvgIpc) is 2.84. The second-order valence-corrected chi connectivity index (χ2v) is 9.60. The minimum Gasteiger partial charge on any atom is -0.501 e. The van der Waals surface area contributed by atoms with Crippen molar-refractivity contribution in [3.63, 3.8) is 0 Å². The Morgan fingerprint density at radius 3 is 2.64 bits per heavy atom. The number of carbonyl (C=O) groups is 1. The number of hydrogen-bond acceptors (Lipinski definition) is 4. The quantitative estimate of drug-likeness (QED) is 0.240. The third-order valence-electron chi connectivity index (χ3n) is 7.17. The zero-order chi connectivity index (χ0) is 26.9. The zero-order valence-electron chi connectivity index (χ0n) is 22.5. The summed E-state index contributed by atoms with van der Waals surface area (Å²) < 4.78 is 1.72. The Labute approximate surface area is 216 Å². The molecule has 1 amide bonds. The first-order chi connectivity index (χ1) is 17.2. The molecule has 0 aromatic carbocycles. The fraction of sp³-hybridized carbons (Fsp3) is 0.500. The molecule has 36 heavy (non-hydrogen) atoms. The van der Waals surface area contributed by atoms with Crippen molar-refractivity contribution in [1.82, 2.24) is 14.5 Å². The molecular formula is C30H41N3O3. The number of amides is 1. The number of allylic oxidation sites excluding steroid dienone is 7. The molecule has 0 radical (unpaired) electrons. The van der Waals surface area contributed by atoms with Crippen molar-refractivity contribution in [3.8, 4) is 18.1 Å². The number of nitrogens with zero attached hydrogens (tertiary/aromatic N) is 3. The third kappa shape index (κ3) is 6.07. The molecule has 6 nitrogen and oxygen atoms in total. The maximum absolute atomic E-state index is 12.9. The van der Waals surface area contributed by atoms with E-state index in [2.05, 4.69) is 44.3 Å². The van der Waals surface area contributed by atoms with Crippen LogP contribution in [-0.4, -0.2) is 39.1 Å². The Bertz CT molecular complexity index is 1150. The number of aromatic hydroxyl groups is 1. The molecule has 2 atom stereocenters. The monoisotopic (exact) mass is 491 g/mol. The Morgan fingerprint density at radius 1 is 1.33 bits per heavy atom. The van der Waals surface area contributed by atoms with Gasteiger partial charge in [0.05, 0.1) is 0 Å². The molecule has 1 aromatic heterocycles. The average molecular weight is 492 g/mol. The van der Waals surface area contributed by atoms with Crippen LogP contribution < -0.4 is 5.56 Å². The molecule has 2 unspecified atom stereocenters. The molecule has 2 rings (SSSR count). The van der Waals surface area contributed by atoms with Crippen LogP contribution in [0.1, 0.15) is 76.1 Å². The lowest BCUT2D eigenvalue weighted by Gasteiger charge is -2.42. The maximum atomic E-state index is 12.9. The lowest BCUT2D eigenvalue weighted by atomic mass is 9.63. The number of carbonyl (C=O) groups excluding carboxylic acids is 1. The molecule has 6 heteroatoms. The van der Waals surface area contributed by atoms with E-state index in [1.807, 2.05) is 25.2 Å². The van der Waals surface area contributed by atoms with Crippen LogP contribution in [0, 0.1) is 23.7 Å². The lowest BCUT2D eigenvalue weighted by molar-refractivity contribution is 0.0736.